The van der Waals surface area contributed by atoms with Crippen molar-refractivity contribution in [3.05, 3.63) is 17.5 Å². The number of carbonyl (C=O) groups is 1. The molecule has 0 radical (unpaired) electrons. The summed E-state index contributed by atoms with van der Waals surface area (Å²) in [6, 6.07) is 2.27. The quantitative estimate of drug-likeness (QED) is 0.513. The lowest BCUT2D eigenvalue weighted by Gasteiger charge is -2.21. The SMILES string of the molecule is CCNC(=NCc1cc(C(CC)CC)no1)NC1CCN(C(=O)C2CCCC2)C1. The van der Waals surface area contributed by atoms with E-state index < -0.39 is 0 Å². The zero-order chi connectivity index (χ0) is 20.6. The normalized spacial score (nSPS) is 20.6. The lowest BCUT2D eigenvalue weighted by atomic mass is 9.99. The van der Waals surface area contributed by atoms with E-state index in [1.165, 1.54) is 12.8 Å². The minimum absolute atomic E-state index is 0.244. The van der Waals surface area contributed by atoms with Gasteiger partial charge in [-0.2, -0.15) is 0 Å². The van der Waals surface area contributed by atoms with Gasteiger partial charge in [0.1, 0.15) is 6.54 Å². The fourth-order valence-electron chi connectivity index (χ4n) is 4.48. The molecule has 1 aliphatic heterocycles. The van der Waals surface area contributed by atoms with E-state index in [0.29, 0.717) is 18.4 Å². The Morgan fingerprint density at radius 1 is 1.28 bits per heavy atom. The molecule has 1 aliphatic carbocycles. The molecule has 1 amide bonds. The molecule has 2 N–H and O–H groups in total. The zero-order valence-electron chi connectivity index (χ0n) is 18.2. The van der Waals surface area contributed by atoms with Crippen LogP contribution in [0, 0.1) is 5.92 Å². The summed E-state index contributed by atoms with van der Waals surface area (Å²) in [6.45, 7) is 9.26. The van der Waals surface area contributed by atoms with Crippen LogP contribution in [0.4, 0.5) is 0 Å². The first-order valence-electron chi connectivity index (χ1n) is 11.4. The maximum absolute atomic E-state index is 12.7. The van der Waals surface area contributed by atoms with E-state index in [-0.39, 0.29) is 12.0 Å². The van der Waals surface area contributed by atoms with Gasteiger partial charge in [-0.1, -0.05) is 31.8 Å². The van der Waals surface area contributed by atoms with Crippen LogP contribution in [-0.4, -0.2) is 47.6 Å². The Hall–Kier alpha value is -2.05. The number of aliphatic imine (C=N–C) groups is 1. The van der Waals surface area contributed by atoms with E-state index in [4.69, 9.17) is 4.52 Å². The molecule has 2 fully saturated rings. The smallest absolute Gasteiger partial charge is 0.225 e. The fraction of sp³-hybridized carbons (Fsp3) is 0.773. The van der Waals surface area contributed by atoms with Gasteiger partial charge in [0.15, 0.2) is 11.7 Å². The van der Waals surface area contributed by atoms with Gasteiger partial charge in [-0.25, -0.2) is 4.99 Å². The summed E-state index contributed by atoms with van der Waals surface area (Å²) in [5.74, 6) is 2.61. The number of amides is 1. The number of aromatic nitrogens is 1. The predicted molar refractivity (Wildman–Crippen MR) is 115 cm³/mol. The standard InChI is InChI=1S/C22H37N5O2/c1-4-16(5-2)20-13-19(29-26-20)14-24-22(23-6-3)25-18-11-12-27(15-18)21(28)17-9-7-8-10-17/h13,16-18H,4-12,14-15H2,1-3H3,(H2,23,24,25). The summed E-state index contributed by atoms with van der Waals surface area (Å²) in [4.78, 5) is 19.4. The van der Waals surface area contributed by atoms with Gasteiger partial charge in [-0.05, 0) is 39.0 Å². The molecule has 7 nitrogen and oxygen atoms in total. The van der Waals surface area contributed by atoms with Crippen molar-refractivity contribution in [2.75, 3.05) is 19.6 Å². The average Bonchev–Trinajstić information content (AvgIpc) is 3.49. The molecule has 2 aliphatic rings. The van der Waals surface area contributed by atoms with Crippen molar-refractivity contribution in [1.82, 2.24) is 20.7 Å². The molecule has 0 bridgehead atoms. The zero-order valence-corrected chi connectivity index (χ0v) is 18.2. The lowest BCUT2D eigenvalue weighted by Crippen LogP contribution is -2.45. The van der Waals surface area contributed by atoms with Crippen LogP contribution in [0.2, 0.25) is 0 Å². The van der Waals surface area contributed by atoms with Gasteiger partial charge in [0.2, 0.25) is 5.91 Å². The van der Waals surface area contributed by atoms with Crippen molar-refractivity contribution in [2.45, 2.75) is 84.2 Å². The minimum atomic E-state index is 0.244. The van der Waals surface area contributed by atoms with Crippen molar-refractivity contribution in [2.24, 2.45) is 10.9 Å². The van der Waals surface area contributed by atoms with Crippen LogP contribution >= 0.6 is 0 Å². The number of nitrogens with zero attached hydrogens (tertiary/aromatic N) is 3. The number of guanidine groups is 1. The van der Waals surface area contributed by atoms with Crippen LogP contribution in [0.1, 0.15) is 83.1 Å². The third-order valence-corrected chi connectivity index (χ3v) is 6.26. The third kappa shape index (κ3) is 5.73. The molecular weight excluding hydrogens is 366 g/mol. The topological polar surface area (TPSA) is 82.8 Å². The molecule has 0 aromatic carbocycles. The molecule has 2 heterocycles. The van der Waals surface area contributed by atoms with Gasteiger partial charge in [0.25, 0.3) is 0 Å². The van der Waals surface area contributed by atoms with Crippen molar-refractivity contribution in [1.29, 1.82) is 0 Å². The van der Waals surface area contributed by atoms with E-state index in [1.807, 2.05) is 11.0 Å². The van der Waals surface area contributed by atoms with Gasteiger partial charge in [-0.15, -0.1) is 0 Å². The van der Waals surface area contributed by atoms with E-state index in [2.05, 4.69) is 41.6 Å². The number of hydrogen-bond acceptors (Lipinski definition) is 4. The van der Waals surface area contributed by atoms with Crippen LogP contribution in [-0.2, 0) is 11.3 Å². The van der Waals surface area contributed by atoms with Gasteiger partial charge < -0.3 is 20.1 Å². The summed E-state index contributed by atoms with van der Waals surface area (Å²) in [5, 5.41) is 11.0. The van der Waals surface area contributed by atoms with Crippen molar-refractivity contribution in [3.63, 3.8) is 0 Å². The van der Waals surface area contributed by atoms with E-state index in [1.54, 1.807) is 0 Å². The Labute approximate surface area is 174 Å². The molecule has 1 aromatic heterocycles. The third-order valence-electron chi connectivity index (χ3n) is 6.26. The van der Waals surface area contributed by atoms with E-state index >= 15 is 0 Å². The van der Waals surface area contributed by atoms with Crippen LogP contribution < -0.4 is 10.6 Å². The maximum Gasteiger partial charge on any atom is 0.225 e. The second kappa shape index (κ2) is 10.6. The summed E-state index contributed by atoms with van der Waals surface area (Å²) in [7, 11) is 0. The highest BCUT2D eigenvalue weighted by atomic mass is 16.5. The van der Waals surface area contributed by atoms with Crippen molar-refractivity contribution >= 4 is 11.9 Å². The lowest BCUT2D eigenvalue weighted by molar-refractivity contribution is -0.134. The number of likely N-dealkylation sites (tertiary alicyclic amines) is 1. The molecule has 1 saturated carbocycles. The molecule has 1 aromatic rings. The fourth-order valence-corrected chi connectivity index (χ4v) is 4.48. The Kier molecular flexibility index (Phi) is 7.95. The molecule has 1 saturated heterocycles. The largest absolute Gasteiger partial charge is 0.359 e. The molecule has 0 spiro atoms. The number of rotatable bonds is 8. The highest BCUT2D eigenvalue weighted by Gasteiger charge is 2.32. The second-order valence-electron chi connectivity index (χ2n) is 8.32. The maximum atomic E-state index is 12.7. The molecule has 1 atom stereocenters. The predicted octanol–water partition coefficient (Wildman–Crippen LogP) is 3.42. The summed E-state index contributed by atoms with van der Waals surface area (Å²) >= 11 is 0. The monoisotopic (exact) mass is 403 g/mol. The second-order valence-corrected chi connectivity index (χ2v) is 8.32. The first-order valence-corrected chi connectivity index (χ1v) is 11.4. The molecule has 7 heteroatoms. The number of carbonyl (C=O) groups excluding carboxylic acids is 1. The Bertz CT molecular complexity index is 676. The number of hydrogen-bond donors (Lipinski definition) is 2. The molecule has 29 heavy (non-hydrogen) atoms. The summed E-state index contributed by atoms with van der Waals surface area (Å²) < 4.78 is 5.49. The van der Waals surface area contributed by atoms with E-state index in [0.717, 1.165) is 69.2 Å². The van der Waals surface area contributed by atoms with Crippen molar-refractivity contribution < 1.29 is 9.32 Å². The summed E-state index contributed by atoms with van der Waals surface area (Å²) in [6.07, 6.45) is 7.61. The van der Waals surface area contributed by atoms with Crippen molar-refractivity contribution in [3.8, 4) is 0 Å². The average molecular weight is 404 g/mol. The van der Waals surface area contributed by atoms with Gasteiger partial charge in [-0.3, -0.25) is 4.79 Å². The molecule has 3 rings (SSSR count). The Balaban J connectivity index is 1.54. The molecule has 162 valence electrons. The Morgan fingerprint density at radius 2 is 2.03 bits per heavy atom. The first-order chi connectivity index (χ1) is 14.1. The minimum Gasteiger partial charge on any atom is -0.359 e. The molecule has 1 unspecified atom stereocenters. The van der Waals surface area contributed by atoms with Crippen LogP contribution in [0.25, 0.3) is 0 Å². The van der Waals surface area contributed by atoms with Gasteiger partial charge in [0.05, 0.1) is 5.69 Å². The van der Waals surface area contributed by atoms with Gasteiger partial charge in [0, 0.05) is 43.6 Å². The first kappa shape index (κ1) is 21.7. The van der Waals surface area contributed by atoms with Crippen LogP contribution in [0.5, 0.6) is 0 Å². The van der Waals surface area contributed by atoms with Crippen LogP contribution in [0.15, 0.2) is 15.6 Å². The highest BCUT2D eigenvalue weighted by Crippen LogP contribution is 2.28. The number of nitrogens with one attached hydrogen (secondary N) is 2. The Morgan fingerprint density at radius 3 is 2.72 bits per heavy atom. The molecular formula is C22H37N5O2. The van der Waals surface area contributed by atoms with E-state index in [9.17, 15) is 4.79 Å². The summed E-state index contributed by atoms with van der Waals surface area (Å²) in [5.41, 5.74) is 1.02. The van der Waals surface area contributed by atoms with Gasteiger partial charge >= 0.3 is 0 Å². The van der Waals surface area contributed by atoms with Crippen LogP contribution in [0.3, 0.4) is 0 Å². The highest BCUT2D eigenvalue weighted by molar-refractivity contribution is 5.81.